The van der Waals surface area contributed by atoms with Gasteiger partial charge in [-0.3, -0.25) is 28.8 Å². The number of amides is 6. The Bertz CT molecular complexity index is 1160. The molecular weight excluding hydrogens is 586 g/mol. The zero-order valence-corrected chi connectivity index (χ0v) is 27.0. The van der Waals surface area contributed by atoms with Crippen molar-refractivity contribution in [3.8, 4) is 0 Å². The van der Waals surface area contributed by atoms with Gasteiger partial charge in [0.25, 0.3) is 0 Å². The molecule has 0 fully saturated rings. The number of nitrogens with two attached hydrogens (primary N) is 1. The third-order valence-corrected chi connectivity index (χ3v) is 6.84. The zero-order chi connectivity index (χ0) is 34.3. The Morgan fingerprint density at radius 1 is 0.778 bits per heavy atom. The van der Waals surface area contributed by atoms with E-state index in [1.165, 1.54) is 20.8 Å². The number of nitrogens with zero attached hydrogens (tertiary/aromatic N) is 1. The second-order valence-electron chi connectivity index (χ2n) is 12.1. The van der Waals surface area contributed by atoms with Crippen molar-refractivity contribution in [3.63, 3.8) is 0 Å². The Kier molecular flexibility index (Phi) is 16.2. The standard InChI is InChI=1S/C30H49N7O8/c1-18(32-29(44)23(33-20(3)40)16-21-12-8-7-9-13-21)27(42)36-25(19(2)39)30(45)34-22(14-10-11-15-37(4,5)6)28(43)35-24(17-38)26(31)41/h7-9,12-13,18-19,22-25,38-39H,10-11,14-17H2,1-6H3,(H6-,31,32,33,34,35,36,40,41,42,43,44,45)/p+1/t18-,19+,22-,23-,24-,25-/m0/s1. The Morgan fingerprint density at radius 2 is 1.36 bits per heavy atom. The highest BCUT2D eigenvalue weighted by atomic mass is 16.3. The lowest BCUT2D eigenvalue weighted by molar-refractivity contribution is -0.870. The first-order chi connectivity index (χ1) is 20.9. The van der Waals surface area contributed by atoms with Gasteiger partial charge < -0.3 is 47.0 Å². The van der Waals surface area contributed by atoms with Crippen LogP contribution in [0.25, 0.3) is 0 Å². The van der Waals surface area contributed by atoms with Crippen molar-refractivity contribution < 1.29 is 43.5 Å². The van der Waals surface area contributed by atoms with E-state index in [0.717, 1.165) is 12.1 Å². The third kappa shape index (κ3) is 15.0. The first-order valence-corrected chi connectivity index (χ1v) is 14.9. The quantitative estimate of drug-likeness (QED) is 0.0593. The molecule has 1 aromatic carbocycles. The molecule has 0 heterocycles. The molecule has 15 nitrogen and oxygen atoms in total. The summed E-state index contributed by atoms with van der Waals surface area (Å²) < 4.78 is 0.681. The normalized spacial score (nSPS) is 15.3. The minimum atomic E-state index is -1.52. The van der Waals surface area contributed by atoms with Gasteiger partial charge in [-0.15, -0.1) is 0 Å². The van der Waals surface area contributed by atoms with Gasteiger partial charge in [0, 0.05) is 13.3 Å². The smallest absolute Gasteiger partial charge is 0.245 e. The first-order valence-electron chi connectivity index (χ1n) is 14.9. The number of aliphatic hydroxyl groups excluding tert-OH is 2. The van der Waals surface area contributed by atoms with Gasteiger partial charge in [0.05, 0.1) is 40.4 Å². The van der Waals surface area contributed by atoms with E-state index in [0.29, 0.717) is 17.3 Å². The van der Waals surface area contributed by atoms with E-state index in [4.69, 9.17) is 5.73 Å². The average molecular weight is 637 g/mol. The minimum absolute atomic E-state index is 0.160. The molecule has 6 atom stereocenters. The van der Waals surface area contributed by atoms with Crippen LogP contribution in [0.2, 0.25) is 0 Å². The Hall–Kier alpha value is -4.08. The van der Waals surface area contributed by atoms with Gasteiger partial charge in [0.1, 0.15) is 30.2 Å². The van der Waals surface area contributed by atoms with Crippen LogP contribution in [-0.4, -0.2) is 121 Å². The van der Waals surface area contributed by atoms with Crippen molar-refractivity contribution in [1.29, 1.82) is 0 Å². The van der Waals surface area contributed by atoms with Crippen molar-refractivity contribution in [1.82, 2.24) is 26.6 Å². The Morgan fingerprint density at radius 3 is 1.87 bits per heavy atom. The van der Waals surface area contributed by atoms with Crippen LogP contribution in [0.4, 0.5) is 0 Å². The lowest BCUT2D eigenvalue weighted by Crippen LogP contribution is -2.61. The van der Waals surface area contributed by atoms with Crippen LogP contribution in [0.3, 0.4) is 0 Å². The number of carbonyl (C=O) groups is 6. The number of quaternary nitrogens is 1. The van der Waals surface area contributed by atoms with E-state index in [9.17, 15) is 39.0 Å². The van der Waals surface area contributed by atoms with Crippen molar-refractivity contribution in [2.45, 2.75) is 82.8 Å². The molecule has 0 aromatic heterocycles. The average Bonchev–Trinajstić information content (AvgIpc) is 2.94. The second-order valence-corrected chi connectivity index (χ2v) is 12.1. The summed E-state index contributed by atoms with van der Waals surface area (Å²) >= 11 is 0. The first kappa shape index (κ1) is 38.9. The molecule has 0 spiro atoms. The molecule has 0 aliphatic carbocycles. The van der Waals surface area contributed by atoms with E-state index in [2.05, 4.69) is 26.6 Å². The van der Waals surface area contributed by atoms with Crippen LogP contribution in [0.5, 0.6) is 0 Å². The lowest BCUT2D eigenvalue weighted by atomic mass is 10.0. The van der Waals surface area contributed by atoms with Gasteiger partial charge in [0.2, 0.25) is 35.4 Å². The summed E-state index contributed by atoms with van der Waals surface area (Å²) in [5.74, 6) is -4.49. The highest BCUT2D eigenvalue weighted by molar-refractivity contribution is 5.96. The summed E-state index contributed by atoms with van der Waals surface area (Å²) in [4.78, 5) is 75.5. The second kappa shape index (κ2) is 18.7. The molecule has 0 unspecified atom stereocenters. The minimum Gasteiger partial charge on any atom is -0.394 e. The maximum absolute atomic E-state index is 13.2. The molecule has 9 N–H and O–H groups in total. The molecule has 0 bridgehead atoms. The molecule has 0 aliphatic rings. The van der Waals surface area contributed by atoms with Gasteiger partial charge in [-0.2, -0.15) is 0 Å². The predicted molar refractivity (Wildman–Crippen MR) is 166 cm³/mol. The predicted octanol–water partition coefficient (Wildman–Crippen LogP) is -2.57. The molecule has 252 valence electrons. The fourth-order valence-corrected chi connectivity index (χ4v) is 4.31. The van der Waals surface area contributed by atoms with Gasteiger partial charge >= 0.3 is 0 Å². The highest BCUT2D eigenvalue weighted by Crippen LogP contribution is 2.08. The van der Waals surface area contributed by atoms with Crippen LogP contribution >= 0.6 is 0 Å². The van der Waals surface area contributed by atoms with Gasteiger partial charge in [0.15, 0.2) is 0 Å². The Labute approximate surface area is 264 Å². The topological polar surface area (TPSA) is 229 Å². The van der Waals surface area contributed by atoms with Crippen molar-refractivity contribution in [3.05, 3.63) is 35.9 Å². The van der Waals surface area contributed by atoms with Crippen molar-refractivity contribution in [2.75, 3.05) is 34.3 Å². The summed E-state index contributed by atoms with van der Waals surface area (Å²) in [6.07, 6.45) is 0.152. The van der Waals surface area contributed by atoms with Gasteiger partial charge in [-0.25, -0.2) is 0 Å². The molecule has 0 radical (unpaired) electrons. The van der Waals surface area contributed by atoms with Gasteiger partial charge in [-0.1, -0.05) is 30.3 Å². The molecule has 0 saturated heterocycles. The fourth-order valence-electron chi connectivity index (χ4n) is 4.31. The number of nitrogens with one attached hydrogen (secondary N) is 5. The number of aliphatic hydroxyl groups is 2. The number of hydrogen-bond acceptors (Lipinski definition) is 8. The molecular formula is C30H50N7O8+. The monoisotopic (exact) mass is 636 g/mol. The molecule has 45 heavy (non-hydrogen) atoms. The number of hydrogen-bond donors (Lipinski definition) is 8. The van der Waals surface area contributed by atoms with Crippen LogP contribution in [0.1, 0.15) is 45.6 Å². The molecule has 15 heteroatoms. The molecule has 0 saturated carbocycles. The maximum atomic E-state index is 13.2. The third-order valence-electron chi connectivity index (χ3n) is 6.84. The summed E-state index contributed by atoms with van der Waals surface area (Å²) in [5.41, 5.74) is 6.00. The SMILES string of the molecule is CC(=O)N[C@@H](Cc1ccccc1)C(=O)N[C@@H](C)C(=O)N[C@H](C(=O)N[C@@H](CCCC[N+](C)(C)C)C(=O)N[C@@H](CO)C(N)=O)[C@@H](C)O. The van der Waals surface area contributed by atoms with Crippen LogP contribution < -0.4 is 32.3 Å². The van der Waals surface area contributed by atoms with E-state index in [-0.39, 0.29) is 12.8 Å². The largest absolute Gasteiger partial charge is 0.394 e. The number of benzene rings is 1. The lowest BCUT2D eigenvalue weighted by Gasteiger charge is -2.27. The van der Waals surface area contributed by atoms with E-state index in [1.807, 2.05) is 27.2 Å². The van der Waals surface area contributed by atoms with Gasteiger partial charge in [-0.05, 0) is 38.7 Å². The maximum Gasteiger partial charge on any atom is 0.245 e. The summed E-state index contributed by atoms with van der Waals surface area (Å²) in [6.45, 7) is 3.95. The summed E-state index contributed by atoms with van der Waals surface area (Å²) in [7, 11) is 6.02. The zero-order valence-electron chi connectivity index (χ0n) is 27.0. The van der Waals surface area contributed by atoms with Crippen LogP contribution in [0, 0.1) is 0 Å². The van der Waals surface area contributed by atoms with Crippen molar-refractivity contribution in [2.24, 2.45) is 5.73 Å². The van der Waals surface area contributed by atoms with E-state index >= 15 is 0 Å². The molecule has 1 rings (SSSR count). The highest BCUT2D eigenvalue weighted by Gasteiger charge is 2.33. The molecule has 1 aromatic rings. The summed E-state index contributed by atoms with van der Waals surface area (Å²) in [6, 6.07) is 2.76. The number of primary amides is 1. The number of unbranched alkanes of at least 4 members (excludes halogenated alkanes) is 1. The summed E-state index contributed by atoms with van der Waals surface area (Å²) in [5, 5.41) is 32.1. The molecule has 0 aliphatic heterocycles. The van der Waals surface area contributed by atoms with E-state index < -0.39 is 78.4 Å². The van der Waals surface area contributed by atoms with Crippen LogP contribution in [0.15, 0.2) is 30.3 Å². The number of rotatable bonds is 19. The van der Waals surface area contributed by atoms with Crippen LogP contribution in [-0.2, 0) is 35.2 Å². The number of carbonyl (C=O) groups excluding carboxylic acids is 6. The Balaban J connectivity index is 2.99. The van der Waals surface area contributed by atoms with Crippen molar-refractivity contribution >= 4 is 35.4 Å². The molecule has 6 amide bonds. The van der Waals surface area contributed by atoms with E-state index in [1.54, 1.807) is 24.3 Å². The fraction of sp³-hybridized carbons (Fsp3) is 0.600.